The molecule has 0 radical (unpaired) electrons. The molecule has 0 saturated heterocycles. The molecule has 2 rings (SSSR count). The number of rotatable bonds is 2. The van der Waals surface area contributed by atoms with Crippen molar-refractivity contribution in [1.29, 1.82) is 0 Å². The molecule has 72 valence electrons. The summed E-state index contributed by atoms with van der Waals surface area (Å²) < 4.78 is 33.1. The van der Waals surface area contributed by atoms with Crippen LogP contribution in [0.25, 0.3) is 0 Å². The summed E-state index contributed by atoms with van der Waals surface area (Å²) in [6, 6.07) is 1.82. The second-order valence-corrected chi connectivity index (χ2v) is 5.79. The monoisotopic (exact) mass is 220 g/mol. The van der Waals surface area contributed by atoms with Crippen molar-refractivity contribution < 1.29 is 12.3 Å². The Labute approximate surface area is 80.6 Å². The van der Waals surface area contributed by atoms with E-state index in [0.29, 0.717) is 4.88 Å². The number of hydrogen-bond donors (Lipinski definition) is 0. The highest BCUT2D eigenvalue weighted by Gasteiger charge is 2.18. The minimum Gasteiger partial charge on any atom is -0.194 e. The Hall–Kier alpha value is -0.420. The van der Waals surface area contributed by atoms with E-state index < -0.39 is 16.0 Å². The van der Waals surface area contributed by atoms with Crippen LogP contribution in [0.1, 0.15) is 21.7 Å². The fraction of sp³-hybridized carbons (Fsp3) is 0.500. The van der Waals surface area contributed by atoms with Crippen LogP contribution in [0.3, 0.4) is 0 Å². The normalized spacial score (nSPS) is 16.1. The summed E-state index contributed by atoms with van der Waals surface area (Å²) in [4.78, 5) is 1.87. The Kier molecular flexibility index (Phi) is 2.15. The van der Waals surface area contributed by atoms with Crippen molar-refractivity contribution in [2.45, 2.75) is 25.0 Å². The molecule has 0 fully saturated rings. The van der Waals surface area contributed by atoms with Crippen molar-refractivity contribution >= 4 is 21.6 Å². The van der Waals surface area contributed by atoms with Crippen LogP contribution < -0.4 is 0 Å². The van der Waals surface area contributed by atoms with Gasteiger partial charge in [0, 0.05) is 9.75 Å². The zero-order valence-corrected chi connectivity index (χ0v) is 8.55. The number of halogens is 1. The standard InChI is InChI=1S/C8H9FO2S2/c9-13(10,11)5-7-4-6-2-1-3-8(6)12-7/h4H,1-3,5H2. The summed E-state index contributed by atoms with van der Waals surface area (Å²) in [6.45, 7) is 0. The van der Waals surface area contributed by atoms with Crippen LogP contribution in [0, 0.1) is 0 Å². The molecule has 0 amide bonds. The van der Waals surface area contributed by atoms with E-state index in [1.54, 1.807) is 0 Å². The van der Waals surface area contributed by atoms with Crippen molar-refractivity contribution in [3.05, 3.63) is 21.4 Å². The average molecular weight is 220 g/mol. The number of aryl methyl sites for hydroxylation is 2. The first-order chi connectivity index (χ1) is 6.04. The van der Waals surface area contributed by atoms with Crippen molar-refractivity contribution in [3.63, 3.8) is 0 Å². The van der Waals surface area contributed by atoms with E-state index in [1.807, 2.05) is 6.07 Å². The Morgan fingerprint density at radius 3 is 2.85 bits per heavy atom. The van der Waals surface area contributed by atoms with E-state index in [4.69, 9.17) is 0 Å². The van der Waals surface area contributed by atoms with Crippen LogP contribution >= 0.6 is 11.3 Å². The second-order valence-electron chi connectivity index (χ2n) is 3.20. The maximum Gasteiger partial charge on any atom is 0.307 e. The Morgan fingerprint density at radius 1 is 1.46 bits per heavy atom. The molecule has 0 unspecified atom stereocenters. The Bertz CT molecular complexity index is 398. The first-order valence-electron chi connectivity index (χ1n) is 4.07. The molecule has 1 aliphatic carbocycles. The van der Waals surface area contributed by atoms with Crippen LogP contribution in [0.15, 0.2) is 6.07 Å². The van der Waals surface area contributed by atoms with Gasteiger partial charge in [0.05, 0.1) is 0 Å². The highest BCUT2D eigenvalue weighted by atomic mass is 32.3. The zero-order valence-electron chi connectivity index (χ0n) is 6.92. The van der Waals surface area contributed by atoms with E-state index in [-0.39, 0.29) is 0 Å². The molecule has 0 saturated carbocycles. The molecule has 0 atom stereocenters. The van der Waals surface area contributed by atoms with Gasteiger partial charge in [-0.1, -0.05) is 0 Å². The molecule has 1 aromatic heterocycles. The van der Waals surface area contributed by atoms with Crippen LogP contribution in [0.4, 0.5) is 3.89 Å². The van der Waals surface area contributed by atoms with Gasteiger partial charge in [0.15, 0.2) is 0 Å². The third kappa shape index (κ3) is 2.08. The molecule has 0 aliphatic heterocycles. The van der Waals surface area contributed by atoms with Gasteiger partial charge in [-0.05, 0) is 30.9 Å². The average Bonchev–Trinajstić information content (AvgIpc) is 2.40. The van der Waals surface area contributed by atoms with Crippen molar-refractivity contribution in [1.82, 2.24) is 0 Å². The van der Waals surface area contributed by atoms with Crippen LogP contribution in [0.2, 0.25) is 0 Å². The molecule has 1 aromatic rings. The molecule has 13 heavy (non-hydrogen) atoms. The van der Waals surface area contributed by atoms with E-state index in [0.717, 1.165) is 19.3 Å². The number of hydrogen-bond acceptors (Lipinski definition) is 3. The highest BCUT2D eigenvalue weighted by Crippen LogP contribution is 2.31. The molecule has 0 aromatic carbocycles. The molecule has 0 N–H and O–H groups in total. The molecular weight excluding hydrogens is 211 g/mol. The van der Waals surface area contributed by atoms with Gasteiger partial charge in [0.25, 0.3) is 0 Å². The third-order valence-corrected chi connectivity index (χ3v) is 4.19. The predicted molar refractivity (Wildman–Crippen MR) is 50.1 cm³/mol. The maximum absolute atomic E-state index is 12.3. The van der Waals surface area contributed by atoms with Gasteiger partial charge in [0.1, 0.15) is 5.75 Å². The molecule has 1 aliphatic rings. The molecular formula is C8H9FO2S2. The number of fused-ring (bicyclic) bond motifs is 1. The molecule has 1 heterocycles. The first-order valence-corrected chi connectivity index (χ1v) is 6.44. The van der Waals surface area contributed by atoms with E-state index in [2.05, 4.69) is 0 Å². The van der Waals surface area contributed by atoms with Crippen LogP contribution in [-0.4, -0.2) is 8.42 Å². The highest BCUT2D eigenvalue weighted by molar-refractivity contribution is 7.85. The van der Waals surface area contributed by atoms with Gasteiger partial charge in [-0.15, -0.1) is 15.2 Å². The quantitative estimate of drug-likeness (QED) is 0.715. The summed E-state index contributed by atoms with van der Waals surface area (Å²) in [7, 11) is -4.35. The molecule has 0 bridgehead atoms. The smallest absolute Gasteiger partial charge is 0.194 e. The van der Waals surface area contributed by atoms with Gasteiger partial charge < -0.3 is 0 Å². The minimum absolute atomic E-state index is 0.454. The lowest BCUT2D eigenvalue weighted by Gasteiger charge is -1.90. The Morgan fingerprint density at radius 2 is 2.23 bits per heavy atom. The molecule has 5 heteroatoms. The van der Waals surface area contributed by atoms with Crippen molar-refractivity contribution in [2.24, 2.45) is 0 Å². The van der Waals surface area contributed by atoms with Gasteiger partial charge >= 0.3 is 10.2 Å². The van der Waals surface area contributed by atoms with Crippen LogP contribution in [-0.2, 0) is 28.8 Å². The lowest BCUT2D eigenvalue weighted by Crippen LogP contribution is -1.93. The fourth-order valence-corrected chi connectivity index (χ4v) is 3.77. The van der Waals surface area contributed by atoms with Gasteiger partial charge in [-0.25, -0.2) is 0 Å². The van der Waals surface area contributed by atoms with Crippen LogP contribution in [0.5, 0.6) is 0 Å². The minimum atomic E-state index is -4.35. The Balaban J connectivity index is 2.24. The molecule has 0 spiro atoms. The second kappa shape index (κ2) is 3.06. The van der Waals surface area contributed by atoms with Gasteiger partial charge in [-0.3, -0.25) is 0 Å². The summed E-state index contributed by atoms with van der Waals surface area (Å²) in [5, 5.41) is 0. The third-order valence-electron chi connectivity index (χ3n) is 2.11. The molecule has 2 nitrogen and oxygen atoms in total. The predicted octanol–water partition coefficient (Wildman–Crippen LogP) is 2.04. The summed E-state index contributed by atoms with van der Waals surface area (Å²) in [6.07, 6.45) is 3.17. The lowest BCUT2D eigenvalue weighted by molar-refractivity contribution is 0.551. The fourth-order valence-electron chi connectivity index (χ4n) is 1.63. The first kappa shape index (κ1) is 9.15. The van der Waals surface area contributed by atoms with E-state index in [1.165, 1.54) is 21.8 Å². The van der Waals surface area contributed by atoms with Gasteiger partial charge in [-0.2, -0.15) is 8.42 Å². The lowest BCUT2D eigenvalue weighted by atomic mass is 10.2. The topological polar surface area (TPSA) is 34.1 Å². The largest absolute Gasteiger partial charge is 0.307 e. The van der Waals surface area contributed by atoms with Gasteiger partial charge in [0.2, 0.25) is 0 Å². The van der Waals surface area contributed by atoms with E-state index in [9.17, 15) is 12.3 Å². The summed E-state index contributed by atoms with van der Waals surface area (Å²) >= 11 is 1.43. The van der Waals surface area contributed by atoms with E-state index >= 15 is 0 Å². The summed E-state index contributed by atoms with van der Waals surface area (Å²) in [5.41, 5.74) is 1.21. The zero-order chi connectivity index (χ0) is 9.47. The SMILES string of the molecule is O=S(=O)(F)Cc1cc2c(s1)CCC2. The summed E-state index contributed by atoms with van der Waals surface area (Å²) in [5.74, 6) is -0.454. The van der Waals surface area contributed by atoms with Crippen molar-refractivity contribution in [2.75, 3.05) is 0 Å². The van der Waals surface area contributed by atoms with Crippen molar-refractivity contribution in [3.8, 4) is 0 Å². The maximum atomic E-state index is 12.3. The number of thiophene rings is 1.